The number of likely N-dealkylation sites (tertiary alicyclic amines) is 1. The van der Waals surface area contributed by atoms with Crippen LogP contribution in [-0.2, 0) is 9.47 Å². The molecule has 3 heterocycles. The second-order valence-corrected chi connectivity index (χ2v) is 7.64. The van der Waals surface area contributed by atoms with E-state index in [1.54, 1.807) is 19.5 Å². The Morgan fingerprint density at radius 2 is 2.00 bits per heavy atom. The molecular formula is C20H32N4O3. The molecular weight excluding hydrogens is 344 g/mol. The van der Waals surface area contributed by atoms with Gasteiger partial charge >= 0.3 is 0 Å². The van der Waals surface area contributed by atoms with Crippen LogP contribution in [0.3, 0.4) is 0 Å². The molecule has 0 aromatic carbocycles. The molecule has 7 nitrogen and oxygen atoms in total. The number of hydrogen-bond acceptors (Lipinski definition) is 6. The number of nitrogens with zero attached hydrogens (tertiary/aromatic N) is 4. The zero-order valence-electron chi connectivity index (χ0n) is 16.6. The van der Waals surface area contributed by atoms with Gasteiger partial charge in [-0.2, -0.15) is 0 Å². The molecule has 0 radical (unpaired) electrons. The molecule has 0 bridgehead atoms. The summed E-state index contributed by atoms with van der Waals surface area (Å²) in [5.74, 6) is 1.23. The quantitative estimate of drug-likeness (QED) is 0.689. The van der Waals surface area contributed by atoms with E-state index in [9.17, 15) is 4.79 Å². The normalized spacial score (nSPS) is 21.5. The molecule has 2 aliphatic rings. The number of piperidine rings is 1. The third-order valence-electron chi connectivity index (χ3n) is 5.56. The van der Waals surface area contributed by atoms with Gasteiger partial charge in [0.05, 0.1) is 18.3 Å². The van der Waals surface area contributed by atoms with Crippen LogP contribution in [0, 0.1) is 12.8 Å². The number of amides is 1. The highest BCUT2D eigenvalue weighted by atomic mass is 16.5. The number of methoxy groups -OCH3 is 1. The Labute approximate surface area is 162 Å². The van der Waals surface area contributed by atoms with Crippen molar-refractivity contribution in [3.63, 3.8) is 0 Å². The molecule has 3 rings (SSSR count). The van der Waals surface area contributed by atoms with E-state index in [1.807, 2.05) is 11.8 Å². The Morgan fingerprint density at radius 3 is 2.63 bits per heavy atom. The van der Waals surface area contributed by atoms with E-state index in [0.29, 0.717) is 23.9 Å². The van der Waals surface area contributed by atoms with Crippen molar-refractivity contribution in [3.8, 4) is 0 Å². The molecule has 2 saturated heterocycles. The van der Waals surface area contributed by atoms with Gasteiger partial charge in [-0.15, -0.1) is 0 Å². The molecule has 0 saturated carbocycles. The lowest BCUT2D eigenvalue weighted by atomic mass is 9.95. The molecule has 0 spiro atoms. The molecule has 27 heavy (non-hydrogen) atoms. The van der Waals surface area contributed by atoms with E-state index < -0.39 is 0 Å². The SMILES string of the molecule is COCCN1CCC(CN(C[C@H]2CCCO2)C(=O)c2cnc(C)nc2)CC1. The lowest BCUT2D eigenvalue weighted by Crippen LogP contribution is -2.44. The van der Waals surface area contributed by atoms with Gasteiger partial charge in [-0.3, -0.25) is 4.79 Å². The predicted octanol–water partition coefficient (Wildman–Crippen LogP) is 1.76. The number of carbonyl (C=O) groups excluding carboxylic acids is 1. The van der Waals surface area contributed by atoms with Gasteiger partial charge in [0.15, 0.2) is 0 Å². The standard InChI is InChI=1S/C20H32N4O3/c1-16-21-12-18(13-22-16)20(25)24(15-19-4-3-10-27-19)14-17-5-7-23(8-6-17)9-11-26-2/h12-13,17,19H,3-11,14-15H2,1-2H3/t19-/m1/s1. The minimum atomic E-state index is 0.0207. The minimum Gasteiger partial charge on any atom is -0.383 e. The van der Waals surface area contributed by atoms with E-state index in [2.05, 4.69) is 14.9 Å². The first kappa shape index (κ1) is 20.2. The molecule has 7 heteroatoms. The van der Waals surface area contributed by atoms with Gasteiger partial charge in [0, 0.05) is 45.7 Å². The van der Waals surface area contributed by atoms with Crippen molar-refractivity contribution in [3.05, 3.63) is 23.8 Å². The topological polar surface area (TPSA) is 67.8 Å². The van der Waals surface area contributed by atoms with E-state index in [4.69, 9.17) is 9.47 Å². The molecule has 1 amide bonds. The van der Waals surface area contributed by atoms with Gasteiger partial charge in [0.2, 0.25) is 0 Å². The van der Waals surface area contributed by atoms with Crippen LogP contribution in [0.2, 0.25) is 0 Å². The molecule has 150 valence electrons. The molecule has 0 aliphatic carbocycles. The van der Waals surface area contributed by atoms with E-state index in [-0.39, 0.29) is 12.0 Å². The van der Waals surface area contributed by atoms with Crippen molar-refractivity contribution in [2.24, 2.45) is 5.92 Å². The monoisotopic (exact) mass is 376 g/mol. The van der Waals surface area contributed by atoms with Crippen LogP contribution in [0.4, 0.5) is 0 Å². The van der Waals surface area contributed by atoms with Crippen molar-refractivity contribution in [1.82, 2.24) is 19.8 Å². The van der Waals surface area contributed by atoms with Crippen LogP contribution in [0.1, 0.15) is 41.9 Å². The lowest BCUT2D eigenvalue weighted by molar-refractivity contribution is 0.0436. The Hall–Kier alpha value is -1.57. The summed E-state index contributed by atoms with van der Waals surface area (Å²) in [6, 6.07) is 0. The fourth-order valence-electron chi connectivity index (χ4n) is 3.88. The summed E-state index contributed by atoms with van der Waals surface area (Å²) in [6.07, 6.45) is 7.78. The van der Waals surface area contributed by atoms with Crippen LogP contribution in [0.5, 0.6) is 0 Å². The van der Waals surface area contributed by atoms with Crippen molar-refractivity contribution in [2.45, 2.75) is 38.7 Å². The number of aromatic nitrogens is 2. The number of aryl methyl sites for hydroxylation is 1. The summed E-state index contributed by atoms with van der Waals surface area (Å²) in [6.45, 7) is 7.99. The van der Waals surface area contributed by atoms with E-state index >= 15 is 0 Å². The summed E-state index contributed by atoms with van der Waals surface area (Å²) in [5.41, 5.74) is 0.566. The van der Waals surface area contributed by atoms with Crippen LogP contribution in [-0.4, -0.2) is 84.8 Å². The Bertz CT molecular complexity index is 581. The average molecular weight is 377 g/mol. The maximum Gasteiger partial charge on any atom is 0.257 e. The highest BCUT2D eigenvalue weighted by Gasteiger charge is 2.28. The highest BCUT2D eigenvalue weighted by Crippen LogP contribution is 2.21. The second kappa shape index (κ2) is 10.1. The first-order valence-electron chi connectivity index (χ1n) is 10.1. The Kier molecular flexibility index (Phi) is 7.55. The van der Waals surface area contributed by atoms with Gasteiger partial charge in [-0.1, -0.05) is 0 Å². The third kappa shape index (κ3) is 5.96. The molecule has 1 aromatic rings. The maximum atomic E-state index is 13.1. The average Bonchev–Trinajstić information content (AvgIpc) is 3.20. The molecule has 2 fully saturated rings. The highest BCUT2D eigenvalue weighted by molar-refractivity contribution is 5.93. The first-order chi connectivity index (χ1) is 13.2. The summed E-state index contributed by atoms with van der Waals surface area (Å²) in [4.78, 5) is 25.9. The first-order valence-corrected chi connectivity index (χ1v) is 10.1. The molecule has 0 N–H and O–H groups in total. The van der Waals surface area contributed by atoms with Gasteiger partial charge < -0.3 is 19.3 Å². The molecule has 1 atom stereocenters. The summed E-state index contributed by atoms with van der Waals surface area (Å²) in [7, 11) is 1.75. The summed E-state index contributed by atoms with van der Waals surface area (Å²) >= 11 is 0. The van der Waals surface area contributed by atoms with Crippen molar-refractivity contribution in [1.29, 1.82) is 0 Å². The maximum absolute atomic E-state index is 13.1. The molecule has 0 unspecified atom stereocenters. The zero-order valence-corrected chi connectivity index (χ0v) is 16.6. The van der Waals surface area contributed by atoms with Crippen molar-refractivity contribution in [2.75, 3.05) is 53.0 Å². The Balaban J connectivity index is 1.60. The fraction of sp³-hybridized carbons (Fsp3) is 0.750. The number of hydrogen-bond donors (Lipinski definition) is 0. The van der Waals surface area contributed by atoms with E-state index in [1.165, 1.54) is 0 Å². The van der Waals surface area contributed by atoms with Crippen LogP contribution >= 0.6 is 0 Å². The van der Waals surface area contributed by atoms with Gasteiger partial charge in [-0.05, 0) is 51.6 Å². The van der Waals surface area contributed by atoms with Crippen molar-refractivity contribution < 1.29 is 14.3 Å². The minimum absolute atomic E-state index is 0.0207. The fourth-order valence-corrected chi connectivity index (χ4v) is 3.88. The number of carbonyl (C=O) groups is 1. The van der Waals surface area contributed by atoms with Crippen LogP contribution in [0.15, 0.2) is 12.4 Å². The predicted molar refractivity (Wildman–Crippen MR) is 103 cm³/mol. The summed E-state index contributed by atoms with van der Waals surface area (Å²) in [5, 5.41) is 0. The smallest absolute Gasteiger partial charge is 0.257 e. The van der Waals surface area contributed by atoms with Crippen LogP contribution in [0.25, 0.3) is 0 Å². The number of rotatable bonds is 8. The number of ether oxygens (including phenoxy) is 2. The van der Waals surface area contributed by atoms with Crippen LogP contribution < -0.4 is 0 Å². The third-order valence-corrected chi connectivity index (χ3v) is 5.56. The lowest BCUT2D eigenvalue weighted by Gasteiger charge is -2.35. The van der Waals surface area contributed by atoms with Gasteiger partial charge in [-0.25, -0.2) is 9.97 Å². The van der Waals surface area contributed by atoms with Gasteiger partial charge in [0.1, 0.15) is 5.82 Å². The molecule has 2 aliphatic heterocycles. The largest absolute Gasteiger partial charge is 0.383 e. The Morgan fingerprint density at radius 1 is 1.26 bits per heavy atom. The zero-order chi connectivity index (χ0) is 19.1. The van der Waals surface area contributed by atoms with Crippen molar-refractivity contribution >= 4 is 5.91 Å². The molecule has 1 aromatic heterocycles. The van der Waals surface area contributed by atoms with Gasteiger partial charge in [0.25, 0.3) is 5.91 Å². The van der Waals surface area contributed by atoms with E-state index in [0.717, 1.165) is 65.1 Å². The summed E-state index contributed by atoms with van der Waals surface area (Å²) < 4.78 is 11.0. The second-order valence-electron chi connectivity index (χ2n) is 7.64.